The molecular weight excluding hydrogens is 292 g/mol. The Morgan fingerprint density at radius 3 is 2.48 bits per heavy atom. The molecule has 1 rings (SSSR count). The van der Waals surface area contributed by atoms with E-state index in [2.05, 4.69) is 5.32 Å². The van der Waals surface area contributed by atoms with Crippen molar-refractivity contribution in [1.29, 1.82) is 0 Å². The molecule has 21 heavy (non-hydrogen) atoms. The minimum absolute atomic E-state index is 0.258. The van der Waals surface area contributed by atoms with Gasteiger partial charge in [0, 0.05) is 24.1 Å². The van der Waals surface area contributed by atoms with E-state index in [9.17, 15) is 13.2 Å². The number of hydrogen-bond acceptors (Lipinski definition) is 5. The van der Waals surface area contributed by atoms with E-state index < -0.39 is 20.5 Å². The van der Waals surface area contributed by atoms with E-state index in [1.165, 1.54) is 13.8 Å². The molecule has 0 radical (unpaired) electrons. The maximum atomic E-state index is 12.1. The van der Waals surface area contributed by atoms with Crippen LogP contribution in [0.25, 0.3) is 0 Å². The van der Waals surface area contributed by atoms with Crippen molar-refractivity contribution in [3.63, 3.8) is 0 Å². The third-order valence-electron chi connectivity index (χ3n) is 3.31. The Balaban J connectivity index is 3.01. The lowest BCUT2D eigenvalue weighted by Gasteiger charge is -2.21. The largest absolute Gasteiger partial charge is 0.494 e. The summed E-state index contributed by atoms with van der Waals surface area (Å²) in [6.45, 7) is 5.38. The summed E-state index contributed by atoms with van der Waals surface area (Å²) in [6.07, 6.45) is 1.04. The lowest BCUT2D eigenvalue weighted by molar-refractivity contribution is -0.117. The average Bonchev–Trinajstić information content (AvgIpc) is 2.39. The van der Waals surface area contributed by atoms with E-state index in [-0.39, 0.29) is 6.54 Å². The summed E-state index contributed by atoms with van der Waals surface area (Å²) >= 11 is 0. The molecule has 0 spiro atoms. The molecule has 118 valence electrons. The Labute approximate surface area is 125 Å². The Bertz CT molecular complexity index is 624. The highest BCUT2D eigenvalue weighted by molar-refractivity contribution is 7.92. The number of sulfone groups is 1. The van der Waals surface area contributed by atoms with Gasteiger partial charge in [-0.05, 0) is 39.0 Å². The standard InChI is InChI=1S/C14H22N2O4S/c1-5-20-12-7-6-11(8-10(12)9-15)16-13(17)14(2,3)21(4,18)19/h6-8H,5,9,15H2,1-4H3,(H,16,17). The zero-order valence-electron chi connectivity index (χ0n) is 12.8. The fourth-order valence-corrected chi connectivity index (χ4v) is 1.95. The highest BCUT2D eigenvalue weighted by Gasteiger charge is 2.38. The van der Waals surface area contributed by atoms with Crippen molar-refractivity contribution in [3.8, 4) is 5.75 Å². The van der Waals surface area contributed by atoms with E-state index in [0.29, 0.717) is 18.0 Å². The second-order valence-electron chi connectivity index (χ2n) is 5.20. The molecule has 3 N–H and O–H groups in total. The molecule has 1 amide bonds. The number of ether oxygens (including phenoxy) is 1. The van der Waals surface area contributed by atoms with Gasteiger partial charge in [0.1, 0.15) is 10.5 Å². The number of carbonyl (C=O) groups is 1. The second kappa shape index (κ2) is 6.44. The van der Waals surface area contributed by atoms with Gasteiger partial charge < -0.3 is 15.8 Å². The molecule has 0 unspecified atom stereocenters. The Morgan fingerprint density at radius 2 is 2.00 bits per heavy atom. The predicted octanol–water partition coefficient (Wildman–Crippen LogP) is 1.31. The SMILES string of the molecule is CCOc1ccc(NC(=O)C(C)(C)S(C)(=O)=O)cc1CN. The summed E-state index contributed by atoms with van der Waals surface area (Å²) in [7, 11) is -3.52. The van der Waals surface area contributed by atoms with E-state index in [1.807, 2.05) is 6.92 Å². The molecule has 0 aliphatic rings. The van der Waals surface area contributed by atoms with Gasteiger partial charge in [-0.2, -0.15) is 0 Å². The molecule has 0 aromatic heterocycles. The number of hydrogen-bond donors (Lipinski definition) is 2. The Kier molecular flexibility index (Phi) is 5.36. The van der Waals surface area contributed by atoms with Gasteiger partial charge in [-0.25, -0.2) is 8.42 Å². The van der Waals surface area contributed by atoms with Crippen LogP contribution in [0.5, 0.6) is 5.75 Å². The summed E-state index contributed by atoms with van der Waals surface area (Å²) in [5.41, 5.74) is 6.88. The lowest BCUT2D eigenvalue weighted by atomic mass is 10.1. The van der Waals surface area contributed by atoms with Crippen molar-refractivity contribution in [2.45, 2.75) is 32.1 Å². The zero-order valence-corrected chi connectivity index (χ0v) is 13.6. The monoisotopic (exact) mass is 314 g/mol. The molecule has 0 fully saturated rings. The van der Waals surface area contributed by atoms with Crippen LogP contribution in [0.15, 0.2) is 18.2 Å². The van der Waals surface area contributed by atoms with Gasteiger partial charge in [0.15, 0.2) is 9.84 Å². The maximum Gasteiger partial charge on any atom is 0.245 e. The number of benzene rings is 1. The molecule has 1 aromatic carbocycles. The van der Waals surface area contributed by atoms with Crippen LogP contribution in [-0.2, 0) is 21.2 Å². The van der Waals surface area contributed by atoms with Crippen molar-refractivity contribution < 1.29 is 17.9 Å². The van der Waals surface area contributed by atoms with Gasteiger partial charge in [0.2, 0.25) is 5.91 Å². The van der Waals surface area contributed by atoms with Crippen molar-refractivity contribution in [1.82, 2.24) is 0 Å². The van der Waals surface area contributed by atoms with Crippen molar-refractivity contribution in [2.75, 3.05) is 18.2 Å². The first kappa shape index (κ1) is 17.5. The summed E-state index contributed by atoms with van der Waals surface area (Å²) in [6, 6.07) is 5.04. The van der Waals surface area contributed by atoms with Gasteiger partial charge in [-0.1, -0.05) is 0 Å². The fraction of sp³-hybridized carbons (Fsp3) is 0.500. The Hall–Kier alpha value is -1.60. The van der Waals surface area contributed by atoms with Crippen LogP contribution in [0.1, 0.15) is 26.3 Å². The number of carbonyl (C=O) groups excluding carboxylic acids is 1. The van der Waals surface area contributed by atoms with E-state index in [4.69, 9.17) is 10.5 Å². The van der Waals surface area contributed by atoms with Gasteiger partial charge >= 0.3 is 0 Å². The van der Waals surface area contributed by atoms with Crippen LogP contribution < -0.4 is 15.8 Å². The quantitative estimate of drug-likeness (QED) is 0.825. The average molecular weight is 314 g/mol. The molecule has 0 atom stereocenters. The molecule has 0 aliphatic carbocycles. The van der Waals surface area contributed by atoms with Gasteiger partial charge in [-0.15, -0.1) is 0 Å². The molecule has 0 saturated carbocycles. The summed E-state index contributed by atoms with van der Waals surface area (Å²) in [5, 5.41) is 2.60. The van der Waals surface area contributed by atoms with Crippen molar-refractivity contribution >= 4 is 21.4 Å². The van der Waals surface area contributed by atoms with Crippen LogP contribution >= 0.6 is 0 Å². The number of nitrogens with two attached hydrogens (primary N) is 1. The highest BCUT2D eigenvalue weighted by Crippen LogP contribution is 2.24. The van der Waals surface area contributed by atoms with Gasteiger partial charge in [0.05, 0.1) is 6.61 Å². The number of anilines is 1. The topological polar surface area (TPSA) is 98.5 Å². The van der Waals surface area contributed by atoms with Crippen molar-refractivity contribution in [2.24, 2.45) is 5.73 Å². The molecule has 7 heteroatoms. The third-order valence-corrected chi connectivity index (χ3v) is 5.35. The van der Waals surface area contributed by atoms with E-state index in [1.54, 1.807) is 18.2 Å². The smallest absolute Gasteiger partial charge is 0.245 e. The normalized spacial score (nSPS) is 12.0. The maximum absolute atomic E-state index is 12.1. The Morgan fingerprint density at radius 1 is 1.38 bits per heavy atom. The number of amides is 1. The van der Waals surface area contributed by atoms with Crippen LogP contribution in [0.2, 0.25) is 0 Å². The molecular formula is C14H22N2O4S. The summed E-state index contributed by atoms with van der Waals surface area (Å²) < 4.78 is 27.2. The van der Waals surface area contributed by atoms with Crippen LogP contribution in [0.3, 0.4) is 0 Å². The minimum Gasteiger partial charge on any atom is -0.494 e. The predicted molar refractivity (Wildman–Crippen MR) is 83.1 cm³/mol. The molecule has 0 aliphatic heterocycles. The number of nitrogens with one attached hydrogen (secondary N) is 1. The first-order chi connectivity index (χ1) is 9.63. The molecule has 1 aromatic rings. The molecule has 6 nitrogen and oxygen atoms in total. The van der Waals surface area contributed by atoms with Crippen LogP contribution in [0, 0.1) is 0 Å². The summed E-state index contributed by atoms with van der Waals surface area (Å²) in [5.74, 6) is 0.0671. The van der Waals surface area contributed by atoms with Crippen molar-refractivity contribution in [3.05, 3.63) is 23.8 Å². The van der Waals surface area contributed by atoms with Gasteiger partial charge in [-0.3, -0.25) is 4.79 Å². The zero-order chi connectivity index (χ0) is 16.3. The van der Waals surface area contributed by atoms with E-state index >= 15 is 0 Å². The lowest BCUT2D eigenvalue weighted by Crippen LogP contribution is -2.43. The molecule has 0 bridgehead atoms. The molecule has 0 heterocycles. The molecule has 0 saturated heterocycles. The summed E-state index contributed by atoms with van der Waals surface area (Å²) in [4.78, 5) is 12.1. The first-order valence-electron chi connectivity index (χ1n) is 6.60. The minimum atomic E-state index is -3.52. The fourth-order valence-electron chi connectivity index (χ4n) is 1.56. The third kappa shape index (κ3) is 3.95. The van der Waals surface area contributed by atoms with Gasteiger partial charge in [0.25, 0.3) is 0 Å². The number of rotatable bonds is 6. The van der Waals surface area contributed by atoms with E-state index in [0.717, 1.165) is 11.8 Å². The first-order valence-corrected chi connectivity index (χ1v) is 8.49. The van der Waals surface area contributed by atoms with Crippen LogP contribution in [0.4, 0.5) is 5.69 Å². The highest BCUT2D eigenvalue weighted by atomic mass is 32.2. The van der Waals surface area contributed by atoms with Crippen LogP contribution in [-0.4, -0.2) is 31.9 Å². The second-order valence-corrected chi connectivity index (χ2v) is 7.76.